The number of hydrogen-bond acceptors (Lipinski definition) is 6. The van der Waals surface area contributed by atoms with Gasteiger partial charge in [0.15, 0.2) is 0 Å². The van der Waals surface area contributed by atoms with Gasteiger partial charge in [0.05, 0.1) is 16.7 Å². The van der Waals surface area contributed by atoms with Crippen molar-refractivity contribution in [3.8, 4) is 17.2 Å². The van der Waals surface area contributed by atoms with E-state index in [1.807, 2.05) is 0 Å². The molecule has 0 aliphatic rings. The molecular weight excluding hydrogens is 421 g/mol. The Balaban J connectivity index is 0.000000429. The van der Waals surface area contributed by atoms with Gasteiger partial charge in [0, 0.05) is 0 Å². The molecule has 3 aromatic rings. The number of rotatable bonds is 3. The third kappa shape index (κ3) is 9.06. The number of carbonyl (C=O) groups is 3. The maximum Gasteiger partial charge on any atom is 2.00 e. The topological polar surface area (TPSA) is 181 Å². The van der Waals surface area contributed by atoms with E-state index in [-0.39, 0.29) is 39.7 Å². The summed E-state index contributed by atoms with van der Waals surface area (Å²) in [6.07, 6.45) is 0. The van der Waals surface area contributed by atoms with Gasteiger partial charge >= 0.3 is 41.0 Å². The summed E-state index contributed by atoms with van der Waals surface area (Å²) in [7, 11) is 0. The van der Waals surface area contributed by atoms with Crippen LogP contribution in [0, 0.1) is 0 Å². The van der Waals surface area contributed by atoms with E-state index >= 15 is 0 Å². The van der Waals surface area contributed by atoms with E-state index in [9.17, 15) is 29.7 Å². The molecule has 0 aromatic heterocycles. The van der Waals surface area contributed by atoms with Crippen LogP contribution in [0.5, 0.6) is 17.2 Å². The third-order valence-corrected chi connectivity index (χ3v) is 3.35. The molecule has 0 saturated heterocycles. The molecule has 10 heteroatoms. The number of carboxylic acid groups (broad SMARTS) is 3. The Morgan fingerprint density at radius 3 is 0.806 bits per heavy atom. The van der Waals surface area contributed by atoms with Gasteiger partial charge in [-0.15, -0.1) is 0 Å². The van der Waals surface area contributed by atoms with Crippen molar-refractivity contribution in [3.05, 3.63) is 89.5 Å². The van der Waals surface area contributed by atoms with Crippen molar-refractivity contribution >= 4 is 41.0 Å². The molecule has 0 aliphatic carbocycles. The normalized spacial score (nSPS) is 8.90. The van der Waals surface area contributed by atoms with Gasteiger partial charge in [-0.1, -0.05) is 71.8 Å². The van der Waals surface area contributed by atoms with Crippen molar-refractivity contribution in [2.45, 2.75) is 0 Å². The van der Waals surface area contributed by atoms with Gasteiger partial charge in [0.1, 0.15) is 0 Å². The van der Waals surface area contributed by atoms with Crippen molar-refractivity contribution in [2.24, 2.45) is 0 Å². The standard InChI is InChI=1S/3C7H6O3.Mg/c3*8-6-4-2-1-3-5(6)7(9)10;/h3*1-4,8H,(H,9,10);/q;;;+2/p-3. The van der Waals surface area contributed by atoms with Gasteiger partial charge < -0.3 is 30.6 Å². The molecule has 3 rings (SSSR count). The Morgan fingerprint density at radius 1 is 0.484 bits per heavy atom. The summed E-state index contributed by atoms with van der Waals surface area (Å²) in [4.78, 5) is 30.7. The monoisotopic (exact) mass is 435 g/mol. The molecule has 3 N–H and O–H groups in total. The molecule has 0 aliphatic heterocycles. The second-order valence-electron chi connectivity index (χ2n) is 5.40. The Morgan fingerprint density at radius 2 is 0.677 bits per heavy atom. The summed E-state index contributed by atoms with van der Waals surface area (Å²) in [5.41, 5.74) is -0.535. The summed E-state index contributed by atoms with van der Waals surface area (Å²) in [6, 6.07) is 16.6. The predicted molar refractivity (Wildman–Crippen MR) is 104 cm³/mol. The van der Waals surface area contributed by atoms with E-state index in [2.05, 4.69) is 0 Å². The average molecular weight is 436 g/mol. The molecule has 9 nitrogen and oxygen atoms in total. The minimum absolute atomic E-state index is 0. The van der Waals surface area contributed by atoms with Gasteiger partial charge in [-0.25, -0.2) is 14.4 Å². The first-order valence-electron chi connectivity index (χ1n) is 8.13. The number of aromatic carboxylic acids is 3. The Labute approximate surface area is 192 Å². The van der Waals surface area contributed by atoms with E-state index in [0.29, 0.717) is 0 Å². The van der Waals surface area contributed by atoms with Crippen molar-refractivity contribution in [1.29, 1.82) is 0 Å². The van der Waals surface area contributed by atoms with Crippen molar-refractivity contribution in [2.75, 3.05) is 0 Å². The van der Waals surface area contributed by atoms with E-state index in [0.717, 1.165) is 0 Å². The van der Waals surface area contributed by atoms with Crippen molar-refractivity contribution < 1.29 is 45.0 Å². The van der Waals surface area contributed by atoms with Gasteiger partial charge in [0.2, 0.25) is 0 Å². The van der Waals surface area contributed by atoms with E-state index in [1.54, 1.807) is 0 Å². The number of hydrogen-bond donors (Lipinski definition) is 3. The van der Waals surface area contributed by atoms with Crippen LogP contribution in [0.3, 0.4) is 0 Å². The molecular formula is C21H15MgO9-. The fourth-order valence-electron chi connectivity index (χ4n) is 1.93. The quantitative estimate of drug-likeness (QED) is 0.505. The second-order valence-corrected chi connectivity index (χ2v) is 5.40. The SMILES string of the molecule is O=C(O)c1ccccc1[O-].O=C(O)c1ccccc1[O-].O=C(O)c1ccccc1[O-].[Mg+2]. The smallest absolute Gasteiger partial charge is 0.872 e. The largest absolute Gasteiger partial charge is 2.00 e. The summed E-state index contributed by atoms with van der Waals surface area (Å²) in [5, 5.41) is 57.1. The van der Waals surface area contributed by atoms with Gasteiger partial charge in [-0.3, -0.25) is 0 Å². The molecule has 0 amide bonds. The van der Waals surface area contributed by atoms with Crippen LogP contribution in [-0.2, 0) is 0 Å². The van der Waals surface area contributed by atoms with Crippen LogP contribution in [0.1, 0.15) is 31.1 Å². The third-order valence-electron chi connectivity index (χ3n) is 3.35. The Bertz CT molecular complexity index is 903. The van der Waals surface area contributed by atoms with Crippen LogP contribution in [0.4, 0.5) is 0 Å². The first-order valence-corrected chi connectivity index (χ1v) is 8.13. The van der Waals surface area contributed by atoms with Gasteiger partial charge in [-0.2, -0.15) is 0 Å². The predicted octanol–water partition coefficient (Wildman–Crippen LogP) is 0.994. The van der Waals surface area contributed by atoms with Crippen LogP contribution in [0.15, 0.2) is 72.8 Å². The molecule has 156 valence electrons. The molecule has 0 saturated carbocycles. The van der Waals surface area contributed by atoms with Crippen molar-refractivity contribution in [1.82, 2.24) is 0 Å². The summed E-state index contributed by atoms with van der Waals surface area (Å²) in [5.74, 6) is -4.87. The number of para-hydroxylation sites is 3. The molecule has 3 aromatic carbocycles. The average Bonchev–Trinajstić information content (AvgIpc) is 2.69. The number of carboxylic acids is 3. The minimum Gasteiger partial charge on any atom is -0.872 e. The molecule has 0 fully saturated rings. The Hall–Kier alpha value is -3.76. The second kappa shape index (κ2) is 13.5. The molecule has 0 atom stereocenters. The zero-order chi connectivity index (χ0) is 22.7. The van der Waals surface area contributed by atoms with Crippen LogP contribution in [0.25, 0.3) is 0 Å². The van der Waals surface area contributed by atoms with E-state index in [1.165, 1.54) is 72.8 Å². The fourth-order valence-corrected chi connectivity index (χ4v) is 1.93. The molecule has 0 radical (unpaired) electrons. The number of benzene rings is 3. The Kier molecular flexibility index (Phi) is 11.8. The van der Waals surface area contributed by atoms with Crippen LogP contribution in [-0.4, -0.2) is 56.3 Å². The van der Waals surface area contributed by atoms with E-state index in [4.69, 9.17) is 15.3 Å². The first kappa shape index (κ1) is 27.2. The summed E-state index contributed by atoms with van der Waals surface area (Å²) < 4.78 is 0. The van der Waals surface area contributed by atoms with E-state index < -0.39 is 35.2 Å². The van der Waals surface area contributed by atoms with Gasteiger partial charge in [0.25, 0.3) is 0 Å². The minimum atomic E-state index is -1.18. The fraction of sp³-hybridized carbons (Fsp3) is 0. The molecule has 31 heavy (non-hydrogen) atoms. The maximum atomic E-state index is 10.7. The molecule has 0 unspecified atom stereocenters. The van der Waals surface area contributed by atoms with Crippen LogP contribution < -0.4 is 15.3 Å². The van der Waals surface area contributed by atoms with Crippen molar-refractivity contribution in [3.63, 3.8) is 0 Å². The summed E-state index contributed by atoms with van der Waals surface area (Å²) in [6.45, 7) is 0. The first-order chi connectivity index (χ1) is 14.1. The van der Waals surface area contributed by atoms with Crippen LogP contribution >= 0.6 is 0 Å². The zero-order valence-electron chi connectivity index (χ0n) is 15.9. The van der Waals surface area contributed by atoms with Crippen LogP contribution in [0.2, 0.25) is 0 Å². The molecule has 0 bridgehead atoms. The van der Waals surface area contributed by atoms with Gasteiger partial charge in [-0.05, 0) is 18.2 Å². The summed E-state index contributed by atoms with van der Waals surface area (Å²) >= 11 is 0. The molecule has 0 heterocycles. The molecule has 0 spiro atoms. The maximum absolute atomic E-state index is 10.7. The zero-order valence-corrected chi connectivity index (χ0v) is 17.3.